The van der Waals surface area contributed by atoms with E-state index in [1.54, 1.807) is 0 Å². The first-order chi connectivity index (χ1) is 10.9. The topological polar surface area (TPSA) is 21.3 Å². The molecule has 0 amide bonds. The van der Waals surface area contributed by atoms with Gasteiger partial charge in [0.05, 0.1) is 12.6 Å². The molecular weight excluding hydrogens is 290 g/mol. The lowest BCUT2D eigenvalue weighted by Gasteiger charge is -2.37. The monoisotopic (exact) mass is 311 g/mol. The molecule has 3 unspecified atom stereocenters. The SMILES string of the molecule is CCCOc1ccc2c(c1)C1C=CCC1C(c1cccs1)N2. The third kappa shape index (κ3) is 2.34. The summed E-state index contributed by atoms with van der Waals surface area (Å²) in [4.78, 5) is 1.44. The lowest BCUT2D eigenvalue weighted by molar-refractivity contribution is 0.316. The smallest absolute Gasteiger partial charge is 0.119 e. The summed E-state index contributed by atoms with van der Waals surface area (Å²) in [6.07, 6.45) is 6.92. The summed E-state index contributed by atoms with van der Waals surface area (Å²) in [6.45, 7) is 2.93. The van der Waals surface area contributed by atoms with Crippen LogP contribution in [0.5, 0.6) is 5.75 Å². The molecule has 2 aromatic rings. The molecule has 2 heterocycles. The standard InChI is InChI=1S/C19H21NOS/c1-2-10-21-13-8-9-17-16(12-13)14-5-3-6-15(14)19(20-17)18-7-4-11-22-18/h3-5,7-9,11-12,14-15,19-20H,2,6,10H2,1H3. The Bertz CT molecular complexity index is 677. The maximum atomic E-state index is 5.82. The van der Waals surface area contributed by atoms with Gasteiger partial charge in [-0.15, -0.1) is 11.3 Å². The van der Waals surface area contributed by atoms with Gasteiger partial charge in [-0.05, 0) is 54.0 Å². The molecule has 0 saturated heterocycles. The minimum absolute atomic E-state index is 0.426. The van der Waals surface area contributed by atoms with Gasteiger partial charge >= 0.3 is 0 Å². The molecular formula is C19H21NOS. The molecule has 2 aliphatic rings. The van der Waals surface area contributed by atoms with E-state index < -0.39 is 0 Å². The lowest BCUT2D eigenvalue weighted by atomic mass is 9.79. The fourth-order valence-electron chi connectivity index (χ4n) is 3.63. The zero-order chi connectivity index (χ0) is 14.9. The van der Waals surface area contributed by atoms with Crippen LogP contribution in [0.15, 0.2) is 47.9 Å². The van der Waals surface area contributed by atoms with Crippen LogP contribution in [0.3, 0.4) is 0 Å². The van der Waals surface area contributed by atoms with Crippen molar-refractivity contribution in [3.63, 3.8) is 0 Å². The first kappa shape index (κ1) is 13.9. The molecule has 3 heteroatoms. The van der Waals surface area contributed by atoms with Gasteiger partial charge in [-0.3, -0.25) is 0 Å². The Labute approximate surface area is 135 Å². The Morgan fingerprint density at radius 3 is 3.09 bits per heavy atom. The minimum Gasteiger partial charge on any atom is -0.494 e. The van der Waals surface area contributed by atoms with Crippen molar-refractivity contribution in [1.29, 1.82) is 0 Å². The van der Waals surface area contributed by atoms with Crippen molar-refractivity contribution in [3.05, 3.63) is 58.3 Å². The van der Waals surface area contributed by atoms with Crippen molar-refractivity contribution in [2.75, 3.05) is 11.9 Å². The number of hydrogen-bond acceptors (Lipinski definition) is 3. The highest BCUT2D eigenvalue weighted by molar-refractivity contribution is 7.10. The highest BCUT2D eigenvalue weighted by Crippen LogP contribution is 2.51. The maximum absolute atomic E-state index is 5.82. The summed E-state index contributed by atoms with van der Waals surface area (Å²) < 4.78 is 5.82. The van der Waals surface area contributed by atoms with Crippen LogP contribution in [0.1, 0.15) is 42.2 Å². The molecule has 114 valence electrons. The van der Waals surface area contributed by atoms with Crippen LogP contribution in [0.25, 0.3) is 0 Å². The Morgan fingerprint density at radius 2 is 2.27 bits per heavy atom. The van der Waals surface area contributed by atoms with Crippen LogP contribution in [0.2, 0.25) is 0 Å². The Morgan fingerprint density at radius 1 is 1.32 bits per heavy atom. The summed E-state index contributed by atoms with van der Waals surface area (Å²) >= 11 is 1.85. The summed E-state index contributed by atoms with van der Waals surface area (Å²) in [6, 6.07) is 11.3. The maximum Gasteiger partial charge on any atom is 0.119 e. The van der Waals surface area contributed by atoms with Crippen LogP contribution in [-0.2, 0) is 0 Å². The Hall–Kier alpha value is -1.74. The average molecular weight is 311 g/mol. The second-order valence-corrected chi connectivity index (χ2v) is 7.07. The zero-order valence-electron chi connectivity index (χ0n) is 12.8. The number of benzene rings is 1. The first-order valence-electron chi connectivity index (χ1n) is 8.10. The molecule has 1 N–H and O–H groups in total. The van der Waals surface area contributed by atoms with Crippen molar-refractivity contribution < 1.29 is 4.74 Å². The molecule has 1 aromatic heterocycles. The third-order valence-electron chi connectivity index (χ3n) is 4.66. The van der Waals surface area contributed by atoms with E-state index >= 15 is 0 Å². The first-order valence-corrected chi connectivity index (χ1v) is 8.98. The van der Waals surface area contributed by atoms with E-state index in [1.807, 2.05) is 11.3 Å². The molecule has 0 spiro atoms. The predicted octanol–water partition coefficient (Wildman–Crippen LogP) is 5.36. The van der Waals surface area contributed by atoms with Gasteiger partial charge in [-0.25, -0.2) is 0 Å². The highest BCUT2D eigenvalue weighted by Gasteiger charge is 2.38. The van der Waals surface area contributed by atoms with Gasteiger partial charge in [0.15, 0.2) is 0 Å². The van der Waals surface area contributed by atoms with Crippen molar-refractivity contribution in [2.45, 2.75) is 31.7 Å². The molecule has 4 rings (SSSR count). The predicted molar refractivity (Wildman–Crippen MR) is 92.9 cm³/mol. The molecule has 22 heavy (non-hydrogen) atoms. The number of nitrogens with one attached hydrogen (secondary N) is 1. The van der Waals surface area contributed by atoms with Crippen molar-refractivity contribution >= 4 is 17.0 Å². The quantitative estimate of drug-likeness (QED) is 0.767. The van der Waals surface area contributed by atoms with Crippen molar-refractivity contribution in [2.24, 2.45) is 5.92 Å². The van der Waals surface area contributed by atoms with Gasteiger partial charge in [-0.2, -0.15) is 0 Å². The minimum atomic E-state index is 0.426. The van der Waals surface area contributed by atoms with Gasteiger partial charge in [-0.1, -0.05) is 25.1 Å². The van der Waals surface area contributed by atoms with E-state index in [9.17, 15) is 0 Å². The highest BCUT2D eigenvalue weighted by atomic mass is 32.1. The van der Waals surface area contributed by atoms with Crippen LogP contribution in [0, 0.1) is 5.92 Å². The average Bonchev–Trinajstić information content (AvgIpc) is 3.23. The molecule has 0 bridgehead atoms. The van der Waals surface area contributed by atoms with Crippen LogP contribution < -0.4 is 10.1 Å². The normalized spacial score (nSPS) is 25.4. The van der Waals surface area contributed by atoms with Gasteiger partial charge in [0.2, 0.25) is 0 Å². The zero-order valence-corrected chi connectivity index (χ0v) is 13.6. The number of rotatable bonds is 4. The lowest BCUT2D eigenvalue weighted by Crippen LogP contribution is -2.28. The fraction of sp³-hybridized carbons (Fsp3) is 0.368. The molecule has 2 nitrogen and oxygen atoms in total. The van der Waals surface area contributed by atoms with E-state index in [4.69, 9.17) is 4.74 Å². The van der Waals surface area contributed by atoms with Gasteiger partial charge < -0.3 is 10.1 Å². The van der Waals surface area contributed by atoms with Gasteiger partial charge in [0, 0.05) is 16.5 Å². The van der Waals surface area contributed by atoms with E-state index in [-0.39, 0.29) is 0 Å². The van der Waals surface area contributed by atoms with Gasteiger partial charge in [0.25, 0.3) is 0 Å². The van der Waals surface area contributed by atoms with Crippen LogP contribution >= 0.6 is 11.3 Å². The number of fused-ring (bicyclic) bond motifs is 3. The number of thiophene rings is 1. The third-order valence-corrected chi connectivity index (χ3v) is 5.61. The van der Waals surface area contributed by atoms with E-state index in [2.05, 4.69) is 60.1 Å². The second kappa shape index (κ2) is 5.81. The molecule has 3 atom stereocenters. The Kier molecular flexibility index (Phi) is 3.67. The number of hydrogen-bond donors (Lipinski definition) is 1. The molecule has 0 saturated carbocycles. The van der Waals surface area contributed by atoms with Crippen molar-refractivity contribution in [1.82, 2.24) is 0 Å². The number of allylic oxidation sites excluding steroid dienone is 2. The van der Waals surface area contributed by atoms with Crippen LogP contribution in [0.4, 0.5) is 5.69 Å². The fourth-order valence-corrected chi connectivity index (χ4v) is 4.48. The van der Waals surface area contributed by atoms with E-state index in [1.165, 1.54) is 16.1 Å². The Balaban J connectivity index is 1.69. The molecule has 1 aliphatic carbocycles. The summed E-state index contributed by atoms with van der Waals surface area (Å²) in [5, 5.41) is 5.94. The molecule has 0 radical (unpaired) electrons. The molecule has 1 aromatic carbocycles. The van der Waals surface area contributed by atoms with E-state index in [0.717, 1.165) is 25.2 Å². The van der Waals surface area contributed by atoms with Gasteiger partial charge in [0.1, 0.15) is 5.75 Å². The summed E-state index contributed by atoms with van der Waals surface area (Å²) in [5.41, 5.74) is 2.65. The second-order valence-electron chi connectivity index (χ2n) is 6.09. The van der Waals surface area contributed by atoms with Crippen molar-refractivity contribution in [3.8, 4) is 5.75 Å². The summed E-state index contributed by atoms with van der Waals surface area (Å²) in [5.74, 6) is 2.12. The number of ether oxygens (including phenoxy) is 1. The van der Waals surface area contributed by atoms with Crippen LogP contribution in [-0.4, -0.2) is 6.61 Å². The number of anilines is 1. The largest absolute Gasteiger partial charge is 0.494 e. The molecule has 0 fully saturated rings. The van der Waals surface area contributed by atoms with E-state index in [0.29, 0.717) is 17.9 Å². The molecule has 1 aliphatic heterocycles. The summed E-state index contributed by atoms with van der Waals surface area (Å²) in [7, 11) is 0.